The summed E-state index contributed by atoms with van der Waals surface area (Å²) in [6.07, 6.45) is 3.25. The molecule has 3 heterocycles. The van der Waals surface area contributed by atoms with Gasteiger partial charge in [0.2, 0.25) is 0 Å². The predicted molar refractivity (Wildman–Crippen MR) is 118 cm³/mol. The van der Waals surface area contributed by atoms with E-state index >= 15 is 0 Å². The smallest absolute Gasteiger partial charge is 0.261 e. The number of nitrogens with zero attached hydrogens (tertiary/aromatic N) is 4. The standard InChI is InChI=1S/C23H18FN5OS/c1-14-7-9-31-22(14)23(30)27-13-21-18(24)11-17(12-26-21)29-8-6-20(28-29)16-4-5-19(25-3)15(2)10-16/h4-12H,13H2,1-2H3,(H,27,30). The van der Waals surface area contributed by atoms with Gasteiger partial charge in [0.25, 0.3) is 5.91 Å². The summed E-state index contributed by atoms with van der Waals surface area (Å²) in [5, 5.41) is 9.05. The quantitative estimate of drug-likeness (QED) is 0.440. The molecule has 0 fully saturated rings. The van der Waals surface area contributed by atoms with Gasteiger partial charge in [0, 0.05) is 12.3 Å². The Hall–Kier alpha value is -3.83. The second kappa shape index (κ2) is 8.50. The van der Waals surface area contributed by atoms with Crippen molar-refractivity contribution in [1.82, 2.24) is 20.1 Å². The molecule has 0 aliphatic rings. The number of rotatable bonds is 5. The summed E-state index contributed by atoms with van der Waals surface area (Å²) >= 11 is 1.35. The molecule has 1 aromatic carbocycles. The second-order valence-electron chi connectivity index (χ2n) is 7.00. The Morgan fingerprint density at radius 1 is 1.23 bits per heavy atom. The molecule has 4 aromatic rings. The van der Waals surface area contributed by atoms with Crippen molar-refractivity contribution in [3.63, 3.8) is 0 Å². The van der Waals surface area contributed by atoms with Crippen LogP contribution in [-0.4, -0.2) is 20.7 Å². The van der Waals surface area contributed by atoms with E-state index in [-0.39, 0.29) is 18.1 Å². The van der Waals surface area contributed by atoms with E-state index in [1.54, 1.807) is 16.9 Å². The molecule has 8 heteroatoms. The molecular formula is C23H18FN5OS. The fourth-order valence-corrected chi connectivity index (χ4v) is 3.96. The Bertz CT molecular complexity index is 1320. The Kier molecular flexibility index (Phi) is 5.60. The number of carbonyl (C=O) groups is 1. The summed E-state index contributed by atoms with van der Waals surface area (Å²) in [4.78, 5) is 20.5. The monoisotopic (exact) mass is 431 g/mol. The van der Waals surface area contributed by atoms with Gasteiger partial charge in [0.1, 0.15) is 5.82 Å². The summed E-state index contributed by atoms with van der Waals surface area (Å²) in [6.45, 7) is 10.9. The molecule has 0 spiro atoms. The number of benzene rings is 1. The fraction of sp³-hybridized carbons (Fsp3) is 0.130. The molecule has 0 atom stereocenters. The summed E-state index contributed by atoms with van der Waals surface area (Å²) in [7, 11) is 0. The lowest BCUT2D eigenvalue weighted by molar-refractivity contribution is 0.0953. The Labute approximate surface area is 182 Å². The van der Waals surface area contributed by atoms with Crippen LogP contribution >= 0.6 is 11.3 Å². The molecule has 6 nitrogen and oxygen atoms in total. The molecule has 0 aliphatic heterocycles. The van der Waals surface area contributed by atoms with Crippen LogP contribution in [0.15, 0.2) is 54.2 Å². The average molecular weight is 431 g/mol. The van der Waals surface area contributed by atoms with Crippen molar-refractivity contribution in [3.8, 4) is 16.9 Å². The highest BCUT2D eigenvalue weighted by atomic mass is 32.1. The summed E-state index contributed by atoms with van der Waals surface area (Å²) in [5.41, 5.74) is 4.58. The maximum atomic E-state index is 14.6. The Balaban J connectivity index is 1.50. The van der Waals surface area contributed by atoms with Crippen molar-refractivity contribution in [2.24, 2.45) is 0 Å². The number of nitrogens with one attached hydrogen (secondary N) is 1. The zero-order valence-corrected chi connectivity index (χ0v) is 17.7. The lowest BCUT2D eigenvalue weighted by Crippen LogP contribution is -2.23. The van der Waals surface area contributed by atoms with Crippen LogP contribution in [0.25, 0.3) is 21.8 Å². The molecule has 0 radical (unpaired) electrons. The SMILES string of the molecule is [C-]#[N+]c1ccc(-c2ccn(-c3cnc(CNC(=O)c4sccc4C)c(F)c3)n2)cc1C. The maximum Gasteiger partial charge on any atom is 0.261 e. The van der Waals surface area contributed by atoms with E-state index in [1.165, 1.54) is 23.6 Å². The van der Waals surface area contributed by atoms with Crippen LogP contribution in [-0.2, 0) is 6.54 Å². The zero-order valence-electron chi connectivity index (χ0n) is 16.9. The van der Waals surface area contributed by atoms with Crippen LogP contribution in [0.5, 0.6) is 0 Å². The highest BCUT2D eigenvalue weighted by Gasteiger charge is 2.13. The second-order valence-corrected chi connectivity index (χ2v) is 7.91. The van der Waals surface area contributed by atoms with Gasteiger partial charge in [-0.05, 0) is 48.1 Å². The van der Waals surface area contributed by atoms with E-state index in [2.05, 4.69) is 20.2 Å². The molecule has 154 valence electrons. The molecule has 1 N–H and O–H groups in total. The number of pyridine rings is 1. The molecule has 0 saturated heterocycles. The molecule has 0 unspecified atom stereocenters. The third kappa shape index (κ3) is 4.22. The first-order chi connectivity index (χ1) is 15.0. The number of thiophene rings is 1. The number of aromatic nitrogens is 3. The van der Waals surface area contributed by atoms with Crippen LogP contribution in [0.2, 0.25) is 0 Å². The van der Waals surface area contributed by atoms with E-state index in [0.717, 1.165) is 16.7 Å². The van der Waals surface area contributed by atoms with Crippen LogP contribution in [0.1, 0.15) is 26.5 Å². The van der Waals surface area contributed by atoms with Gasteiger partial charge < -0.3 is 5.32 Å². The molecular weight excluding hydrogens is 413 g/mol. The van der Waals surface area contributed by atoms with Crippen LogP contribution in [0.3, 0.4) is 0 Å². The average Bonchev–Trinajstić information content (AvgIpc) is 3.42. The normalized spacial score (nSPS) is 10.6. The number of amides is 1. The van der Waals surface area contributed by atoms with E-state index in [0.29, 0.717) is 21.9 Å². The lowest BCUT2D eigenvalue weighted by atomic mass is 10.1. The Morgan fingerprint density at radius 3 is 2.74 bits per heavy atom. The minimum Gasteiger partial charge on any atom is -0.346 e. The third-order valence-electron chi connectivity index (χ3n) is 4.85. The van der Waals surface area contributed by atoms with Crippen LogP contribution in [0, 0.1) is 26.2 Å². The van der Waals surface area contributed by atoms with Gasteiger partial charge in [0.15, 0.2) is 5.69 Å². The van der Waals surface area contributed by atoms with E-state index < -0.39 is 5.82 Å². The van der Waals surface area contributed by atoms with Crippen molar-refractivity contribution in [2.75, 3.05) is 0 Å². The van der Waals surface area contributed by atoms with Crippen LogP contribution < -0.4 is 5.32 Å². The van der Waals surface area contributed by atoms with Gasteiger partial charge in [-0.2, -0.15) is 5.10 Å². The minimum absolute atomic E-state index is 0.000672. The van der Waals surface area contributed by atoms with Crippen molar-refractivity contribution in [2.45, 2.75) is 20.4 Å². The van der Waals surface area contributed by atoms with Crippen molar-refractivity contribution >= 4 is 22.9 Å². The summed E-state index contributed by atoms with van der Waals surface area (Å²) < 4.78 is 16.1. The molecule has 31 heavy (non-hydrogen) atoms. The molecule has 0 aliphatic carbocycles. The van der Waals surface area contributed by atoms with Crippen molar-refractivity contribution in [3.05, 3.63) is 93.1 Å². The van der Waals surface area contributed by atoms with E-state index in [1.807, 2.05) is 43.5 Å². The highest BCUT2D eigenvalue weighted by molar-refractivity contribution is 7.12. The van der Waals surface area contributed by atoms with Crippen molar-refractivity contribution in [1.29, 1.82) is 0 Å². The van der Waals surface area contributed by atoms with Gasteiger partial charge in [-0.3, -0.25) is 9.78 Å². The number of carbonyl (C=O) groups excluding carboxylic acids is 1. The van der Waals surface area contributed by atoms with E-state index in [4.69, 9.17) is 6.57 Å². The molecule has 1 amide bonds. The molecule has 4 rings (SSSR count). The number of aryl methyl sites for hydroxylation is 2. The molecule has 0 bridgehead atoms. The van der Waals surface area contributed by atoms with Gasteiger partial charge in [-0.1, -0.05) is 18.2 Å². The fourth-order valence-electron chi connectivity index (χ4n) is 3.12. The number of hydrogen-bond donors (Lipinski definition) is 1. The highest BCUT2D eigenvalue weighted by Crippen LogP contribution is 2.26. The first-order valence-corrected chi connectivity index (χ1v) is 10.4. The minimum atomic E-state index is -0.519. The van der Waals surface area contributed by atoms with Crippen molar-refractivity contribution < 1.29 is 9.18 Å². The molecule has 3 aromatic heterocycles. The van der Waals surface area contributed by atoms with Gasteiger partial charge in [-0.25, -0.2) is 13.9 Å². The first kappa shape index (κ1) is 20.4. The number of halogens is 1. The van der Waals surface area contributed by atoms with E-state index in [9.17, 15) is 9.18 Å². The summed E-state index contributed by atoms with van der Waals surface area (Å²) in [5.74, 6) is -0.760. The first-order valence-electron chi connectivity index (χ1n) is 9.47. The number of hydrogen-bond acceptors (Lipinski definition) is 4. The van der Waals surface area contributed by atoms with Gasteiger partial charge >= 0.3 is 0 Å². The lowest BCUT2D eigenvalue weighted by Gasteiger charge is -2.07. The molecule has 0 saturated carbocycles. The largest absolute Gasteiger partial charge is 0.346 e. The van der Waals surface area contributed by atoms with Gasteiger partial charge in [-0.15, -0.1) is 11.3 Å². The predicted octanol–water partition coefficient (Wildman–Crippen LogP) is 5.23. The zero-order chi connectivity index (χ0) is 22.0. The topological polar surface area (TPSA) is 64.2 Å². The third-order valence-corrected chi connectivity index (χ3v) is 5.87. The Morgan fingerprint density at radius 2 is 2.06 bits per heavy atom. The summed E-state index contributed by atoms with van der Waals surface area (Å²) in [6, 6.07) is 10.5. The maximum absolute atomic E-state index is 14.6. The van der Waals surface area contributed by atoms with Crippen LogP contribution in [0.4, 0.5) is 10.1 Å². The van der Waals surface area contributed by atoms with Gasteiger partial charge in [0.05, 0.1) is 41.3 Å².